The number of allylic oxidation sites excluding steroid dienone is 1. The molecule has 1 aromatic heterocycles. The Labute approximate surface area is 146 Å². The molecule has 2 rings (SSSR count). The van der Waals surface area contributed by atoms with E-state index in [1.54, 1.807) is 13.2 Å². The van der Waals surface area contributed by atoms with Gasteiger partial charge in [-0.3, -0.25) is 9.36 Å². The average molecular weight is 346 g/mol. The maximum Gasteiger partial charge on any atom is 0.233 e. The standard InChI is InChI=1S/C17H22N4O2S/c1-5-11-21-15(13-9-7-8-10-14(13)23-4)19-20-17(21)24-12(3)16(22)18-6-2/h5,7-10,12H,1,6,11H2,2-4H3,(H,18,22)/t12-/m0/s1. The molecule has 0 saturated carbocycles. The first kappa shape index (κ1) is 18.1. The van der Waals surface area contributed by atoms with Gasteiger partial charge in [-0.2, -0.15) is 0 Å². The van der Waals surface area contributed by atoms with Gasteiger partial charge < -0.3 is 10.1 Å². The van der Waals surface area contributed by atoms with Crippen molar-refractivity contribution in [1.29, 1.82) is 0 Å². The molecule has 0 aliphatic heterocycles. The van der Waals surface area contributed by atoms with Gasteiger partial charge in [0.05, 0.1) is 17.9 Å². The van der Waals surface area contributed by atoms with Gasteiger partial charge in [0.1, 0.15) is 5.75 Å². The molecule has 0 spiro atoms. The first-order valence-corrected chi connectivity index (χ1v) is 8.62. The number of thioether (sulfide) groups is 1. The SMILES string of the molecule is C=CCn1c(S[C@@H](C)C(=O)NCC)nnc1-c1ccccc1OC. The highest BCUT2D eigenvalue weighted by atomic mass is 32.2. The van der Waals surface area contributed by atoms with Gasteiger partial charge in [-0.25, -0.2) is 0 Å². The lowest BCUT2D eigenvalue weighted by molar-refractivity contribution is -0.120. The quantitative estimate of drug-likeness (QED) is 0.588. The smallest absolute Gasteiger partial charge is 0.233 e. The summed E-state index contributed by atoms with van der Waals surface area (Å²) in [5.74, 6) is 1.40. The van der Waals surface area contributed by atoms with Crippen LogP contribution in [-0.2, 0) is 11.3 Å². The predicted molar refractivity (Wildman–Crippen MR) is 96.2 cm³/mol. The fourth-order valence-electron chi connectivity index (χ4n) is 2.23. The Kier molecular flexibility index (Phi) is 6.43. The highest BCUT2D eigenvalue weighted by Crippen LogP contribution is 2.31. The third-order valence-electron chi connectivity index (χ3n) is 3.38. The van der Waals surface area contributed by atoms with Crippen molar-refractivity contribution in [2.24, 2.45) is 0 Å². The topological polar surface area (TPSA) is 69.0 Å². The number of para-hydroxylation sites is 1. The number of amides is 1. The Balaban J connectivity index is 2.36. The van der Waals surface area contributed by atoms with E-state index in [0.29, 0.717) is 24.1 Å². The zero-order chi connectivity index (χ0) is 17.5. The van der Waals surface area contributed by atoms with E-state index in [2.05, 4.69) is 22.1 Å². The molecule has 2 aromatic rings. The molecule has 0 radical (unpaired) electrons. The molecule has 1 atom stereocenters. The molecule has 128 valence electrons. The monoisotopic (exact) mass is 346 g/mol. The van der Waals surface area contributed by atoms with Gasteiger partial charge in [-0.15, -0.1) is 16.8 Å². The lowest BCUT2D eigenvalue weighted by Crippen LogP contribution is -2.30. The molecule has 1 heterocycles. The van der Waals surface area contributed by atoms with Crippen LogP contribution in [0.2, 0.25) is 0 Å². The van der Waals surface area contributed by atoms with Crippen molar-refractivity contribution in [3.63, 3.8) is 0 Å². The summed E-state index contributed by atoms with van der Waals surface area (Å²) >= 11 is 1.38. The minimum atomic E-state index is -0.261. The van der Waals surface area contributed by atoms with E-state index < -0.39 is 0 Å². The van der Waals surface area contributed by atoms with Gasteiger partial charge in [-0.1, -0.05) is 30.0 Å². The van der Waals surface area contributed by atoms with E-state index >= 15 is 0 Å². The summed E-state index contributed by atoms with van der Waals surface area (Å²) in [5, 5.41) is 11.8. The van der Waals surface area contributed by atoms with Crippen molar-refractivity contribution in [3.05, 3.63) is 36.9 Å². The van der Waals surface area contributed by atoms with Crippen molar-refractivity contribution in [2.75, 3.05) is 13.7 Å². The van der Waals surface area contributed by atoms with Crippen LogP contribution >= 0.6 is 11.8 Å². The Morgan fingerprint density at radius 1 is 1.46 bits per heavy atom. The van der Waals surface area contributed by atoms with E-state index in [0.717, 1.165) is 11.3 Å². The highest BCUT2D eigenvalue weighted by Gasteiger charge is 2.21. The van der Waals surface area contributed by atoms with Crippen LogP contribution in [0.15, 0.2) is 42.1 Å². The summed E-state index contributed by atoms with van der Waals surface area (Å²) in [6, 6.07) is 7.65. The summed E-state index contributed by atoms with van der Waals surface area (Å²) < 4.78 is 7.35. The third-order valence-corrected chi connectivity index (χ3v) is 4.46. The first-order chi connectivity index (χ1) is 11.6. The number of carbonyl (C=O) groups is 1. The van der Waals surface area contributed by atoms with Crippen LogP contribution in [0.3, 0.4) is 0 Å². The van der Waals surface area contributed by atoms with E-state index in [1.165, 1.54) is 11.8 Å². The van der Waals surface area contributed by atoms with Gasteiger partial charge >= 0.3 is 0 Å². The van der Waals surface area contributed by atoms with Crippen molar-refractivity contribution >= 4 is 17.7 Å². The van der Waals surface area contributed by atoms with Crippen molar-refractivity contribution in [1.82, 2.24) is 20.1 Å². The number of carbonyl (C=O) groups excluding carboxylic acids is 1. The Bertz CT molecular complexity index is 714. The van der Waals surface area contributed by atoms with Crippen LogP contribution in [0.5, 0.6) is 5.75 Å². The molecule has 0 saturated heterocycles. The number of methoxy groups -OCH3 is 1. The molecule has 1 amide bonds. The maximum absolute atomic E-state index is 12.0. The maximum atomic E-state index is 12.0. The van der Waals surface area contributed by atoms with E-state index in [4.69, 9.17) is 4.74 Å². The summed E-state index contributed by atoms with van der Waals surface area (Å²) in [4.78, 5) is 12.0. The predicted octanol–water partition coefficient (Wildman–Crippen LogP) is 2.76. The van der Waals surface area contributed by atoms with Crippen molar-refractivity contribution < 1.29 is 9.53 Å². The van der Waals surface area contributed by atoms with Crippen molar-refractivity contribution in [2.45, 2.75) is 30.8 Å². The minimum absolute atomic E-state index is 0.0190. The second-order valence-electron chi connectivity index (χ2n) is 5.06. The fraction of sp³-hybridized carbons (Fsp3) is 0.353. The van der Waals surface area contributed by atoms with Gasteiger partial charge in [0.25, 0.3) is 0 Å². The van der Waals surface area contributed by atoms with E-state index in [-0.39, 0.29) is 11.2 Å². The first-order valence-electron chi connectivity index (χ1n) is 7.74. The minimum Gasteiger partial charge on any atom is -0.496 e. The van der Waals surface area contributed by atoms with Crippen LogP contribution in [-0.4, -0.2) is 39.6 Å². The van der Waals surface area contributed by atoms with Crippen molar-refractivity contribution in [3.8, 4) is 17.1 Å². The zero-order valence-electron chi connectivity index (χ0n) is 14.2. The van der Waals surface area contributed by atoms with Crippen LogP contribution in [0, 0.1) is 0 Å². The summed E-state index contributed by atoms with van der Waals surface area (Å²) in [5.41, 5.74) is 0.854. The Morgan fingerprint density at radius 2 is 2.21 bits per heavy atom. The molecular formula is C17H22N4O2S. The molecule has 6 nitrogen and oxygen atoms in total. The van der Waals surface area contributed by atoms with Gasteiger partial charge in [0.15, 0.2) is 11.0 Å². The normalized spacial score (nSPS) is 11.8. The molecule has 24 heavy (non-hydrogen) atoms. The molecular weight excluding hydrogens is 324 g/mol. The number of aromatic nitrogens is 3. The number of hydrogen-bond acceptors (Lipinski definition) is 5. The number of ether oxygens (including phenoxy) is 1. The highest BCUT2D eigenvalue weighted by molar-refractivity contribution is 8.00. The van der Waals surface area contributed by atoms with Crippen LogP contribution in [0.25, 0.3) is 11.4 Å². The summed E-state index contributed by atoms with van der Waals surface area (Å²) in [7, 11) is 1.62. The number of nitrogens with one attached hydrogen (secondary N) is 1. The molecule has 0 aliphatic carbocycles. The number of hydrogen-bond donors (Lipinski definition) is 1. The average Bonchev–Trinajstić information content (AvgIpc) is 2.97. The number of benzene rings is 1. The molecule has 0 aliphatic rings. The lowest BCUT2D eigenvalue weighted by Gasteiger charge is -2.13. The van der Waals surface area contributed by atoms with Gasteiger partial charge in [-0.05, 0) is 26.0 Å². The molecule has 0 bridgehead atoms. The lowest BCUT2D eigenvalue weighted by atomic mass is 10.2. The Morgan fingerprint density at radius 3 is 2.88 bits per heavy atom. The second kappa shape index (κ2) is 8.54. The third kappa shape index (κ3) is 3.97. The van der Waals surface area contributed by atoms with E-state index in [1.807, 2.05) is 42.7 Å². The van der Waals surface area contributed by atoms with E-state index in [9.17, 15) is 4.79 Å². The molecule has 1 N–H and O–H groups in total. The molecule has 0 unspecified atom stereocenters. The van der Waals surface area contributed by atoms with Gasteiger partial charge in [0, 0.05) is 13.1 Å². The summed E-state index contributed by atoms with van der Waals surface area (Å²) in [6.45, 7) is 8.71. The second-order valence-corrected chi connectivity index (χ2v) is 6.37. The van der Waals surface area contributed by atoms with Crippen LogP contribution in [0.1, 0.15) is 13.8 Å². The molecule has 0 fully saturated rings. The largest absolute Gasteiger partial charge is 0.496 e. The number of rotatable bonds is 8. The van der Waals surface area contributed by atoms with Crippen LogP contribution < -0.4 is 10.1 Å². The zero-order valence-corrected chi connectivity index (χ0v) is 15.0. The Hall–Kier alpha value is -2.28. The number of nitrogens with zero attached hydrogens (tertiary/aromatic N) is 3. The molecule has 7 heteroatoms. The van der Waals surface area contributed by atoms with Crippen LogP contribution in [0.4, 0.5) is 0 Å². The molecule has 1 aromatic carbocycles. The fourth-order valence-corrected chi connectivity index (χ4v) is 3.11. The summed E-state index contributed by atoms with van der Waals surface area (Å²) in [6.07, 6.45) is 1.78. The van der Waals surface area contributed by atoms with Gasteiger partial charge in [0.2, 0.25) is 5.91 Å².